The molecule has 0 radical (unpaired) electrons. The van der Waals surface area contributed by atoms with Crippen molar-refractivity contribution in [3.05, 3.63) is 109 Å². The van der Waals surface area contributed by atoms with Crippen LogP contribution in [0.15, 0.2) is 109 Å². The third-order valence-electron chi connectivity index (χ3n) is 14.9. The first-order chi connectivity index (χ1) is 40.1. The first-order valence-electron chi connectivity index (χ1n) is 32.1. The Balaban J connectivity index is 1.77. The predicted octanol–water partition coefficient (Wildman–Crippen LogP) is 12.0. The maximum Gasteiger partial charge on any atom is 0.220 e. The Bertz CT molecular complexity index is 1790. The summed E-state index contributed by atoms with van der Waals surface area (Å²) in [5.74, 6) is -0.338. The number of carbonyl (C=O) groups is 1. The second kappa shape index (κ2) is 52.0. The molecule has 0 bridgehead atoms. The Morgan fingerprint density at radius 2 is 0.854 bits per heavy atom. The number of allylic oxidation sites excluding steroid dienone is 17. The van der Waals surface area contributed by atoms with Crippen LogP contribution in [0.3, 0.4) is 0 Å². The summed E-state index contributed by atoms with van der Waals surface area (Å²) in [6.07, 6.45) is 57.3. The minimum atomic E-state index is -1.81. The van der Waals surface area contributed by atoms with Crippen LogP contribution in [0.5, 0.6) is 0 Å². The lowest BCUT2D eigenvalue weighted by Gasteiger charge is -2.46. The highest BCUT2D eigenvalue weighted by Gasteiger charge is 2.51. The zero-order chi connectivity index (χ0) is 59.5. The monoisotopic (exact) mass is 1150 g/mol. The van der Waals surface area contributed by atoms with Gasteiger partial charge < -0.3 is 65.1 Å². The third-order valence-corrected chi connectivity index (χ3v) is 14.9. The van der Waals surface area contributed by atoms with Crippen LogP contribution in [0, 0.1) is 0 Å². The first-order valence-corrected chi connectivity index (χ1v) is 32.1. The topological polar surface area (TPSA) is 228 Å². The molecule has 0 spiro atoms. The number of unbranched alkanes of at least 4 members (excludes halogenated alkanes) is 21. The Morgan fingerprint density at radius 3 is 1.33 bits per heavy atom. The molecule has 2 fully saturated rings. The van der Waals surface area contributed by atoms with Crippen LogP contribution in [0.25, 0.3) is 0 Å². The lowest BCUT2D eigenvalue weighted by atomic mass is 9.97. The van der Waals surface area contributed by atoms with Crippen LogP contribution in [-0.2, 0) is 23.7 Å². The SMILES string of the molecule is CC/C=C\C/C=C\C/C=C\C/C=C\C/C=C\C/C=C\CCC(=O)NC(COC1OC(CO)C(OC2OC(CO)C(O)C(O)C2O)C(O)C1O)C(O)/C=C/CC/C=C/CC/C=C/CCCCCCCCCCCCCCCCCCCCC. The molecule has 14 heteroatoms. The minimum absolute atomic E-state index is 0.138. The average molecular weight is 1150 g/mol. The zero-order valence-corrected chi connectivity index (χ0v) is 50.7. The molecular formula is C68H115NO13. The van der Waals surface area contributed by atoms with E-state index in [9.17, 15) is 45.6 Å². The van der Waals surface area contributed by atoms with E-state index in [0.29, 0.717) is 12.8 Å². The maximum atomic E-state index is 13.2. The van der Waals surface area contributed by atoms with Gasteiger partial charge in [0.15, 0.2) is 12.6 Å². The number of aliphatic hydroxyl groups is 8. The molecule has 2 heterocycles. The fraction of sp³-hybridized carbons (Fsp3) is 0.721. The molecule has 2 aliphatic heterocycles. The summed E-state index contributed by atoms with van der Waals surface area (Å²) in [7, 11) is 0. The van der Waals surface area contributed by atoms with Gasteiger partial charge in [-0.2, -0.15) is 0 Å². The number of aliphatic hydroxyl groups excluding tert-OH is 8. The quantitative estimate of drug-likeness (QED) is 0.0204. The third kappa shape index (κ3) is 36.5. The highest BCUT2D eigenvalue weighted by Crippen LogP contribution is 2.30. The molecule has 9 N–H and O–H groups in total. The van der Waals surface area contributed by atoms with Crippen LogP contribution in [-0.4, -0.2) is 140 Å². The van der Waals surface area contributed by atoms with E-state index in [1.165, 1.54) is 122 Å². The van der Waals surface area contributed by atoms with Crippen LogP contribution >= 0.6 is 0 Å². The second-order valence-corrected chi connectivity index (χ2v) is 22.1. The van der Waals surface area contributed by atoms with Crippen LogP contribution in [0.1, 0.15) is 219 Å². The van der Waals surface area contributed by atoms with Crippen molar-refractivity contribution in [3.63, 3.8) is 0 Å². The van der Waals surface area contributed by atoms with Crippen LogP contribution < -0.4 is 5.32 Å². The van der Waals surface area contributed by atoms with Crippen molar-refractivity contribution in [3.8, 4) is 0 Å². The summed E-state index contributed by atoms with van der Waals surface area (Å²) >= 11 is 0. The van der Waals surface area contributed by atoms with Gasteiger partial charge in [0.25, 0.3) is 0 Å². The normalized spacial score (nSPS) is 24.7. The number of amides is 1. The standard InChI is InChI=1S/C68H115NO13/c1-3-5-7-9-11-13-15-17-19-21-23-24-25-26-27-28-29-30-31-32-34-35-37-39-41-43-45-47-49-51-57(72)56(69-60(73)52-50-48-46-44-42-40-38-36-33-22-20-18-16-14-12-10-8-6-4-2)55-79-67-65(78)63(76)66(59(54-71)81-67)82-68-64(77)62(75)61(74)58(53-70)80-68/h6,8,12,14,18,20,33-36,40-43,46,48-49,51,56-59,61-68,70-72,74-78H,3-5,7,9-11,13,15-17,19,21-32,37-39,44-45,47,50,52-55H2,1-2H3,(H,69,73)/b8-6-,14-12-,20-18-,35-34+,36-33-,42-40-,43-41+,48-46-,51-49+. The average Bonchev–Trinajstić information content (AvgIpc) is 3.67. The van der Waals surface area contributed by atoms with Gasteiger partial charge in [0, 0.05) is 6.42 Å². The Labute approximate surface area is 495 Å². The van der Waals surface area contributed by atoms with Crippen molar-refractivity contribution in [2.24, 2.45) is 0 Å². The zero-order valence-electron chi connectivity index (χ0n) is 50.7. The second-order valence-electron chi connectivity index (χ2n) is 22.1. The van der Waals surface area contributed by atoms with Crippen LogP contribution in [0.4, 0.5) is 0 Å². The molecule has 2 aliphatic rings. The number of ether oxygens (including phenoxy) is 4. The van der Waals surface area contributed by atoms with Crippen LogP contribution in [0.2, 0.25) is 0 Å². The Kier molecular flexibility index (Phi) is 47.4. The molecule has 2 rings (SSSR count). The molecule has 82 heavy (non-hydrogen) atoms. The minimum Gasteiger partial charge on any atom is -0.394 e. The molecule has 1 amide bonds. The van der Waals surface area contributed by atoms with Crippen molar-refractivity contribution in [1.82, 2.24) is 5.32 Å². The fourth-order valence-electron chi connectivity index (χ4n) is 9.82. The maximum absolute atomic E-state index is 13.2. The predicted molar refractivity (Wildman–Crippen MR) is 332 cm³/mol. The molecule has 2 saturated heterocycles. The van der Waals surface area contributed by atoms with E-state index in [1.807, 2.05) is 18.2 Å². The first kappa shape index (κ1) is 74.7. The summed E-state index contributed by atoms with van der Waals surface area (Å²) in [6.45, 7) is 2.61. The van der Waals surface area contributed by atoms with E-state index >= 15 is 0 Å². The molecular weight excluding hydrogens is 1040 g/mol. The summed E-state index contributed by atoms with van der Waals surface area (Å²) in [5, 5.41) is 87.1. The van der Waals surface area contributed by atoms with Gasteiger partial charge >= 0.3 is 0 Å². The van der Waals surface area contributed by atoms with Gasteiger partial charge in [-0.05, 0) is 83.5 Å². The summed E-state index contributed by atoms with van der Waals surface area (Å²) in [4.78, 5) is 13.2. The molecule has 470 valence electrons. The highest BCUT2D eigenvalue weighted by molar-refractivity contribution is 5.76. The molecule has 14 nitrogen and oxygen atoms in total. The highest BCUT2D eigenvalue weighted by atomic mass is 16.7. The van der Waals surface area contributed by atoms with Gasteiger partial charge in [0.1, 0.15) is 48.8 Å². The molecule has 0 aromatic carbocycles. The van der Waals surface area contributed by atoms with E-state index in [-0.39, 0.29) is 18.9 Å². The summed E-state index contributed by atoms with van der Waals surface area (Å²) in [6, 6.07) is -0.987. The van der Waals surface area contributed by atoms with Crippen molar-refractivity contribution in [2.75, 3.05) is 19.8 Å². The molecule has 0 saturated carbocycles. The van der Waals surface area contributed by atoms with E-state index in [4.69, 9.17) is 18.9 Å². The molecule has 0 aromatic rings. The van der Waals surface area contributed by atoms with Gasteiger partial charge in [-0.3, -0.25) is 4.79 Å². The van der Waals surface area contributed by atoms with Gasteiger partial charge in [0.05, 0.1) is 32.0 Å². The largest absolute Gasteiger partial charge is 0.394 e. The summed E-state index contributed by atoms with van der Waals surface area (Å²) < 4.78 is 22.7. The molecule has 12 atom stereocenters. The lowest BCUT2D eigenvalue weighted by molar-refractivity contribution is -0.359. The van der Waals surface area contributed by atoms with E-state index in [1.54, 1.807) is 6.08 Å². The Morgan fingerprint density at radius 1 is 0.451 bits per heavy atom. The van der Waals surface area contributed by atoms with E-state index < -0.39 is 86.8 Å². The van der Waals surface area contributed by atoms with Gasteiger partial charge in [0.2, 0.25) is 5.91 Å². The fourth-order valence-corrected chi connectivity index (χ4v) is 9.82. The van der Waals surface area contributed by atoms with Gasteiger partial charge in [-0.1, -0.05) is 239 Å². The van der Waals surface area contributed by atoms with E-state index in [2.05, 4.69) is 104 Å². The lowest BCUT2D eigenvalue weighted by Crippen LogP contribution is -2.65. The van der Waals surface area contributed by atoms with Crippen molar-refractivity contribution >= 4 is 5.91 Å². The smallest absolute Gasteiger partial charge is 0.220 e. The number of nitrogens with one attached hydrogen (secondary N) is 1. The summed E-state index contributed by atoms with van der Waals surface area (Å²) in [5.41, 5.74) is 0. The molecule has 0 aromatic heterocycles. The Hall–Kier alpha value is -3.35. The van der Waals surface area contributed by atoms with Crippen molar-refractivity contribution in [1.29, 1.82) is 0 Å². The molecule has 0 aliphatic carbocycles. The van der Waals surface area contributed by atoms with Gasteiger partial charge in [-0.25, -0.2) is 0 Å². The molecule has 12 unspecified atom stereocenters. The number of hydrogen-bond donors (Lipinski definition) is 9. The van der Waals surface area contributed by atoms with Crippen molar-refractivity contribution in [2.45, 2.75) is 293 Å². The van der Waals surface area contributed by atoms with Gasteiger partial charge in [-0.15, -0.1) is 0 Å². The number of hydrogen-bond acceptors (Lipinski definition) is 13. The number of rotatable bonds is 50. The van der Waals surface area contributed by atoms with Crippen molar-refractivity contribution < 1.29 is 64.6 Å². The van der Waals surface area contributed by atoms with E-state index in [0.717, 1.165) is 64.2 Å². The number of carbonyl (C=O) groups excluding carboxylic acids is 1.